The Morgan fingerprint density at radius 1 is 1.07 bits per heavy atom. The van der Waals surface area contributed by atoms with Crippen molar-refractivity contribution >= 4 is 17.8 Å². The van der Waals surface area contributed by atoms with E-state index in [2.05, 4.69) is 4.90 Å². The predicted molar refractivity (Wildman–Crippen MR) is 103 cm³/mol. The topological polar surface area (TPSA) is 86.6 Å². The van der Waals surface area contributed by atoms with Gasteiger partial charge in [-0.15, -0.1) is 0 Å². The third-order valence-corrected chi connectivity index (χ3v) is 5.96. The van der Waals surface area contributed by atoms with Crippen molar-refractivity contribution in [1.29, 1.82) is 0 Å². The molecule has 0 atom stereocenters. The number of aliphatic carboxylic acids is 1. The van der Waals surface area contributed by atoms with Gasteiger partial charge in [0.2, 0.25) is 5.95 Å². The second kappa shape index (κ2) is 6.58. The number of nitrogens with zero attached hydrogens (tertiary/aromatic N) is 4. The van der Waals surface area contributed by atoms with Crippen LogP contribution in [0.4, 0.5) is 5.95 Å². The van der Waals surface area contributed by atoms with Crippen LogP contribution in [0.25, 0.3) is 11.3 Å². The molecule has 144 valence electrons. The second-order valence-electron chi connectivity index (χ2n) is 7.82. The molecule has 2 saturated heterocycles. The molecule has 1 aromatic heterocycles. The Bertz CT molecular complexity index is 964. The number of hydrogen-bond donors (Lipinski definition) is 1. The first-order valence-electron chi connectivity index (χ1n) is 9.87. The summed E-state index contributed by atoms with van der Waals surface area (Å²) < 4.78 is 0. The highest BCUT2D eigenvalue weighted by Gasteiger charge is 2.36. The van der Waals surface area contributed by atoms with Crippen LogP contribution in [-0.2, 0) is 17.6 Å². The highest BCUT2D eigenvalue weighted by Crippen LogP contribution is 2.33. The van der Waals surface area contributed by atoms with Gasteiger partial charge in [0.25, 0.3) is 5.91 Å². The quantitative estimate of drug-likeness (QED) is 0.876. The summed E-state index contributed by atoms with van der Waals surface area (Å²) >= 11 is 0. The second-order valence-corrected chi connectivity index (χ2v) is 7.82. The van der Waals surface area contributed by atoms with Gasteiger partial charge in [0, 0.05) is 48.6 Å². The van der Waals surface area contributed by atoms with Crippen LogP contribution < -0.4 is 4.90 Å². The van der Waals surface area contributed by atoms with Crippen molar-refractivity contribution < 1.29 is 14.7 Å². The number of benzene rings is 1. The van der Waals surface area contributed by atoms with Gasteiger partial charge >= 0.3 is 5.97 Å². The van der Waals surface area contributed by atoms with E-state index in [1.807, 2.05) is 18.2 Å². The number of carboxylic acid groups (broad SMARTS) is 1. The van der Waals surface area contributed by atoms with E-state index in [-0.39, 0.29) is 19.0 Å². The van der Waals surface area contributed by atoms with Crippen LogP contribution in [0.15, 0.2) is 24.3 Å². The summed E-state index contributed by atoms with van der Waals surface area (Å²) in [6.45, 7) is 2.55. The molecule has 2 aromatic rings. The summed E-state index contributed by atoms with van der Waals surface area (Å²) in [7, 11) is 0. The zero-order valence-corrected chi connectivity index (χ0v) is 15.6. The summed E-state index contributed by atoms with van der Waals surface area (Å²) in [4.78, 5) is 37.2. The van der Waals surface area contributed by atoms with E-state index in [0.717, 1.165) is 55.3 Å². The molecule has 1 N–H and O–H groups in total. The zero-order chi connectivity index (χ0) is 19.3. The van der Waals surface area contributed by atoms with E-state index in [1.54, 1.807) is 11.0 Å². The molecule has 0 unspecified atom stereocenters. The van der Waals surface area contributed by atoms with E-state index >= 15 is 0 Å². The Kier molecular flexibility index (Phi) is 4.03. The Hall–Kier alpha value is -2.96. The van der Waals surface area contributed by atoms with Crippen LogP contribution in [0.5, 0.6) is 0 Å². The molecule has 3 heterocycles. The third-order valence-electron chi connectivity index (χ3n) is 5.96. The molecule has 28 heavy (non-hydrogen) atoms. The van der Waals surface area contributed by atoms with Gasteiger partial charge in [0.15, 0.2) is 0 Å². The normalized spacial score (nSPS) is 18.4. The molecule has 7 nitrogen and oxygen atoms in total. The molecule has 0 bridgehead atoms. The number of aryl methyl sites for hydroxylation is 1. The van der Waals surface area contributed by atoms with Gasteiger partial charge in [0.05, 0.1) is 11.6 Å². The van der Waals surface area contributed by atoms with Gasteiger partial charge in [-0.3, -0.25) is 9.59 Å². The lowest BCUT2D eigenvalue weighted by Crippen LogP contribution is -2.53. The first-order valence-corrected chi connectivity index (χ1v) is 9.87. The number of anilines is 1. The van der Waals surface area contributed by atoms with E-state index in [4.69, 9.17) is 15.1 Å². The predicted octanol–water partition coefficient (Wildman–Crippen LogP) is 2.00. The van der Waals surface area contributed by atoms with Gasteiger partial charge in [-0.2, -0.15) is 0 Å². The highest BCUT2D eigenvalue weighted by molar-refractivity contribution is 5.96. The lowest BCUT2D eigenvalue weighted by atomic mass is 9.97. The number of carbonyl (C=O) groups excluding carboxylic acids is 1. The summed E-state index contributed by atoms with van der Waals surface area (Å²) in [5, 5.41) is 9.03. The maximum absolute atomic E-state index is 12.7. The summed E-state index contributed by atoms with van der Waals surface area (Å²) in [5.41, 5.74) is 4.78. The Morgan fingerprint density at radius 2 is 1.89 bits per heavy atom. The number of carbonyl (C=O) groups is 2. The average Bonchev–Trinajstić information content (AvgIpc) is 3.06. The van der Waals surface area contributed by atoms with E-state index in [9.17, 15) is 9.59 Å². The fraction of sp³-hybridized carbons (Fsp3) is 0.429. The molecule has 2 aliphatic heterocycles. The molecule has 7 heteroatoms. The van der Waals surface area contributed by atoms with Crippen molar-refractivity contribution in [3.8, 4) is 11.3 Å². The molecule has 0 spiro atoms. The van der Waals surface area contributed by atoms with Gasteiger partial charge in [-0.1, -0.05) is 12.1 Å². The minimum absolute atomic E-state index is 0.118. The largest absolute Gasteiger partial charge is 0.481 e. The molecule has 1 aromatic carbocycles. The van der Waals surface area contributed by atoms with Crippen LogP contribution in [0, 0.1) is 5.92 Å². The maximum atomic E-state index is 12.7. The standard InChI is InChI=1S/C21H22N4O3/c26-19(25-11-15(12-25)20(27)28)14-5-1-4-13(10-14)18-16-6-2-7-17(16)22-21(23-18)24-8-3-9-24/h1,4-5,10,15H,2-3,6-9,11-12H2,(H,27,28). The Labute approximate surface area is 163 Å². The van der Waals surface area contributed by atoms with Crippen LogP contribution >= 0.6 is 0 Å². The molecule has 0 saturated carbocycles. The fourth-order valence-electron chi connectivity index (χ4n) is 4.10. The van der Waals surface area contributed by atoms with E-state index < -0.39 is 11.9 Å². The van der Waals surface area contributed by atoms with Crippen molar-refractivity contribution in [1.82, 2.24) is 14.9 Å². The Balaban J connectivity index is 1.46. The first kappa shape index (κ1) is 17.2. The van der Waals surface area contributed by atoms with Gasteiger partial charge in [-0.25, -0.2) is 9.97 Å². The van der Waals surface area contributed by atoms with Gasteiger partial charge < -0.3 is 14.9 Å². The van der Waals surface area contributed by atoms with Gasteiger partial charge in [-0.05, 0) is 37.8 Å². The minimum Gasteiger partial charge on any atom is -0.481 e. The number of rotatable bonds is 4. The van der Waals surface area contributed by atoms with Crippen molar-refractivity contribution in [2.75, 3.05) is 31.1 Å². The van der Waals surface area contributed by atoms with Crippen LogP contribution in [-0.4, -0.2) is 58.0 Å². The first-order chi connectivity index (χ1) is 13.6. The van der Waals surface area contributed by atoms with Gasteiger partial charge in [0.1, 0.15) is 0 Å². The Morgan fingerprint density at radius 3 is 2.61 bits per heavy atom. The maximum Gasteiger partial charge on any atom is 0.310 e. The number of amides is 1. The van der Waals surface area contributed by atoms with E-state index in [0.29, 0.717) is 5.56 Å². The number of aromatic nitrogens is 2. The monoisotopic (exact) mass is 378 g/mol. The smallest absolute Gasteiger partial charge is 0.310 e. The summed E-state index contributed by atoms with van der Waals surface area (Å²) in [5.74, 6) is -0.608. The molecule has 1 amide bonds. The number of fused-ring (bicyclic) bond motifs is 1. The van der Waals surface area contributed by atoms with Crippen molar-refractivity contribution in [3.63, 3.8) is 0 Å². The average molecular weight is 378 g/mol. The highest BCUT2D eigenvalue weighted by atomic mass is 16.4. The number of hydrogen-bond acceptors (Lipinski definition) is 5. The number of likely N-dealkylation sites (tertiary alicyclic amines) is 1. The van der Waals surface area contributed by atoms with Crippen LogP contribution in [0.1, 0.15) is 34.5 Å². The minimum atomic E-state index is -0.840. The van der Waals surface area contributed by atoms with Crippen molar-refractivity contribution in [2.24, 2.45) is 5.92 Å². The van der Waals surface area contributed by atoms with Crippen molar-refractivity contribution in [3.05, 3.63) is 41.1 Å². The van der Waals surface area contributed by atoms with Crippen LogP contribution in [0.3, 0.4) is 0 Å². The molecule has 2 fully saturated rings. The van der Waals surface area contributed by atoms with E-state index in [1.165, 1.54) is 12.0 Å². The summed E-state index contributed by atoms with van der Waals surface area (Å²) in [6, 6.07) is 7.55. The molecule has 1 aliphatic carbocycles. The number of carboxylic acids is 1. The SMILES string of the molecule is O=C(O)C1CN(C(=O)c2cccc(-c3nc(N4CCC4)nc4c3CCC4)c2)C1. The molecule has 3 aliphatic rings. The lowest BCUT2D eigenvalue weighted by Gasteiger charge is -2.36. The lowest BCUT2D eigenvalue weighted by molar-refractivity contribution is -0.146. The molecule has 5 rings (SSSR count). The summed E-state index contributed by atoms with van der Waals surface area (Å²) in [6.07, 6.45) is 4.21. The fourth-order valence-corrected chi connectivity index (χ4v) is 4.10. The molecular weight excluding hydrogens is 356 g/mol. The molecular formula is C21H22N4O3. The third kappa shape index (κ3) is 2.82. The molecule has 0 radical (unpaired) electrons. The van der Waals surface area contributed by atoms with Crippen molar-refractivity contribution in [2.45, 2.75) is 25.7 Å². The zero-order valence-electron chi connectivity index (χ0n) is 15.6. The van der Waals surface area contributed by atoms with Crippen LogP contribution in [0.2, 0.25) is 0 Å².